The highest BCUT2D eigenvalue weighted by molar-refractivity contribution is 7.91. The molecule has 0 bridgehead atoms. The van der Waals surface area contributed by atoms with Crippen LogP contribution in [0.4, 0.5) is 0 Å². The summed E-state index contributed by atoms with van der Waals surface area (Å²) in [5.74, 6) is 1.22. The predicted octanol–water partition coefficient (Wildman–Crippen LogP) is 1.26. The molecule has 0 radical (unpaired) electrons. The molecule has 2 rings (SSSR count). The van der Waals surface area contributed by atoms with E-state index in [1.165, 1.54) is 0 Å². The van der Waals surface area contributed by atoms with Gasteiger partial charge in [-0.15, -0.1) is 0 Å². The molecule has 1 aliphatic rings. The van der Waals surface area contributed by atoms with Crippen LogP contribution in [0.5, 0.6) is 5.75 Å². The molecule has 5 nitrogen and oxygen atoms in total. The molecule has 20 heavy (non-hydrogen) atoms. The number of hydrogen-bond acceptors (Lipinski definition) is 5. The van der Waals surface area contributed by atoms with Gasteiger partial charge < -0.3 is 10.1 Å². The Labute approximate surface area is 119 Å². The highest BCUT2D eigenvalue weighted by atomic mass is 32.2. The summed E-state index contributed by atoms with van der Waals surface area (Å²) >= 11 is 0. The topological polar surface area (TPSA) is 79.2 Å². The van der Waals surface area contributed by atoms with E-state index in [0.717, 1.165) is 5.56 Å². The number of rotatable bonds is 5. The van der Waals surface area contributed by atoms with Crippen molar-refractivity contribution in [2.75, 3.05) is 18.1 Å². The van der Waals surface area contributed by atoms with Gasteiger partial charge in [0.05, 0.1) is 11.5 Å². The smallest absolute Gasteiger partial charge is 0.174 e. The Kier molecular flexibility index (Phi) is 4.99. The van der Waals surface area contributed by atoms with Crippen LogP contribution in [0.3, 0.4) is 0 Å². The van der Waals surface area contributed by atoms with Crippen molar-refractivity contribution in [2.45, 2.75) is 25.4 Å². The fraction of sp³-hybridized carbons (Fsp3) is 0.500. The van der Waals surface area contributed by atoms with Gasteiger partial charge in [-0.1, -0.05) is 18.2 Å². The number of sulfone groups is 1. The van der Waals surface area contributed by atoms with Crippen LogP contribution in [0.25, 0.3) is 0 Å². The van der Waals surface area contributed by atoms with Crippen LogP contribution < -0.4 is 10.1 Å². The second kappa shape index (κ2) is 6.73. The zero-order chi connectivity index (χ0) is 14.4. The number of nitriles is 1. The van der Waals surface area contributed by atoms with E-state index in [4.69, 9.17) is 10.00 Å². The van der Waals surface area contributed by atoms with Crippen molar-refractivity contribution in [3.63, 3.8) is 0 Å². The summed E-state index contributed by atoms with van der Waals surface area (Å²) in [6.45, 7) is 0.644. The molecule has 0 spiro atoms. The highest BCUT2D eigenvalue weighted by Crippen LogP contribution is 2.19. The van der Waals surface area contributed by atoms with E-state index in [2.05, 4.69) is 5.32 Å². The number of ether oxygens (including phenoxy) is 1. The number of nitrogens with zero attached hydrogens (tertiary/aromatic N) is 1. The Balaban J connectivity index is 1.90. The van der Waals surface area contributed by atoms with E-state index in [1.807, 2.05) is 30.3 Å². The largest absolute Gasteiger partial charge is 0.478 e. The Morgan fingerprint density at radius 2 is 2.00 bits per heavy atom. The Morgan fingerprint density at radius 3 is 2.70 bits per heavy atom. The first-order chi connectivity index (χ1) is 9.61. The SMILES string of the molecule is N#CCOc1ccccc1CNC1CCS(=O)(=O)CC1. The second-order valence-electron chi connectivity index (χ2n) is 4.86. The second-order valence-corrected chi connectivity index (χ2v) is 7.17. The molecule has 0 amide bonds. The van der Waals surface area contributed by atoms with E-state index >= 15 is 0 Å². The summed E-state index contributed by atoms with van der Waals surface area (Å²) in [6, 6.07) is 9.73. The Morgan fingerprint density at radius 1 is 1.30 bits per heavy atom. The molecule has 1 saturated heterocycles. The minimum Gasteiger partial charge on any atom is -0.478 e. The minimum absolute atomic E-state index is 0.0265. The van der Waals surface area contributed by atoms with Gasteiger partial charge in [0.15, 0.2) is 6.61 Å². The molecule has 1 heterocycles. The maximum atomic E-state index is 11.4. The van der Waals surface area contributed by atoms with E-state index in [9.17, 15) is 8.42 Å². The molecule has 0 aliphatic carbocycles. The lowest BCUT2D eigenvalue weighted by molar-refractivity contribution is 0.360. The van der Waals surface area contributed by atoms with Crippen molar-refractivity contribution in [2.24, 2.45) is 0 Å². The first-order valence-corrected chi connectivity index (χ1v) is 8.44. The van der Waals surface area contributed by atoms with Gasteiger partial charge >= 0.3 is 0 Å². The average molecular weight is 294 g/mol. The van der Waals surface area contributed by atoms with Crippen LogP contribution in [0.1, 0.15) is 18.4 Å². The number of benzene rings is 1. The first-order valence-electron chi connectivity index (χ1n) is 6.62. The van der Waals surface area contributed by atoms with Gasteiger partial charge in [0, 0.05) is 18.2 Å². The minimum atomic E-state index is -2.82. The third-order valence-corrected chi connectivity index (χ3v) is 5.12. The standard InChI is InChI=1S/C14H18N2O3S/c15-7-8-19-14-4-2-1-3-12(14)11-16-13-5-9-20(17,18)10-6-13/h1-4,13,16H,5-6,8-11H2. The molecule has 0 aromatic heterocycles. The van der Waals surface area contributed by atoms with Crippen LogP contribution in [0.2, 0.25) is 0 Å². The van der Waals surface area contributed by atoms with Crippen LogP contribution in [-0.2, 0) is 16.4 Å². The monoisotopic (exact) mass is 294 g/mol. The molecule has 1 N–H and O–H groups in total. The Bertz CT molecular complexity index is 579. The van der Waals surface area contributed by atoms with Crippen molar-refractivity contribution >= 4 is 9.84 Å². The molecule has 1 aromatic carbocycles. The fourth-order valence-electron chi connectivity index (χ4n) is 2.25. The maximum Gasteiger partial charge on any atom is 0.174 e. The molecule has 6 heteroatoms. The van der Waals surface area contributed by atoms with Gasteiger partial charge in [-0.3, -0.25) is 0 Å². The summed E-state index contributed by atoms with van der Waals surface area (Å²) in [5.41, 5.74) is 0.983. The van der Waals surface area contributed by atoms with Crippen molar-refractivity contribution in [1.29, 1.82) is 5.26 Å². The van der Waals surface area contributed by atoms with Gasteiger partial charge in [-0.25, -0.2) is 8.42 Å². The van der Waals surface area contributed by atoms with Gasteiger partial charge in [0.25, 0.3) is 0 Å². The normalized spacial score (nSPS) is 18.4. The van der Waals surface area contributed by atoms with Crippen LogP contribution >= 0.6 is 0 Å². The van der Waals surface area contributed by atoms with Crippen molar-refractivity contribution in [1.82, 2.24) is 5.32 Å². The summed E-state index contributed by atoms with van der Waals surface area (Å²) < 4.78 is 28.1. The lowest BCUT2D eigenvalue weighted by Gasteiger charge is -2.23. The molecular weight excluding hydrogens is 276 g/mol. The molecule has 1 aliphatic heterocycles. The van der Waals surface area contributed by atoms with E-state index in [0.29, 0.717) is 25.1 Å². The molecule has 0 unspecified atom stereocenters. The number of para-hydroxylation sites is 1. The molecule has 1 aromatic rings. The van der Waals surface area contributed by atoms with Gasteiger partial charge in [-0.2, -0.15) is 5.26 Å². The van der Waals surface area contributed by atoms with Gasteiger partial charge in [0.2, 0.25) is 0 Å². The van der Waals surface area contributed by atoms with E-state index in [1.54, 1.807) is 0 Å². The quantitative estimate of drug-likeness (QED) is 0.884. The van der Waals surface area contributed by atoms with Crippen LogP contribution in [-0.4, -0.2) is 32.6 Å². The number of nitrogens with one attached hydrogen (secondary N) is 1. The van der Waals surface area contributed by atoms with Crippen LogP contribution in [0.15, 0.2) is 24.3 Å². The summed E-state index contributed by atoms with van der Waals surface area (Å²) in [5, 5.41) is 11.9. The lowest BCUT2D eigenvalue weighted by Crippen LogP contribution is -2.37. The van der Waals surface area contributed by atoms with Crippen molar-refractivity contribution in [3.8, 4) is 11.8 Å². The summed E-state index contributed by atoms with van der Waals surface area (Å²) in [4.78, 5) is 0. The fourth-order valence-corrected chi connectivity index (χ4v) is 3.74. The van der Waals surface area contributed by atoms with Crippen LogP contribution in [0, 0.1) is 11.3 Å². The van der Waals surface area contributed by atoms with Crippen molar-refractivity contribution in [3.05, 3.63) is 29.8 Å². The summed E-state index contributed by atoms with van der Waals surface area (Å²) in [6.07, 6.45) is 1.31. The Hall–Kier alpha value is -1.58. The van der Waals surface area contributed by atoms with Gasteiger partial charge in [-0.05, 0) is 18.9 Å². The zero-order valence-corrected chi connectivity index (χ0v) is 12.0. The lowest BCUT2D eigenvalue weighted by atomic mass is 10.1. The van der Waals surface area contributed by atoms with Gasteiger partial charge in [0.1, 0.15) is 21.7 Å². The maximum absolute atomic E-state index is 11.4. The molecule has 1 fully saturated rings. The predicted molar refractivity (Wildman–Crippen MR) is 76.1 cm³/mol. The highest BCUT2D eigenvalue weighted by Gasteiger charge is 2.23. The first kappa shape index (κ1) is 14.8. The van der Waals surface area contributed by atoms with E-state index in [-0.39, 0.29) is 24.2 Å². The molecule has 0 saturated carbocycles. The van der Waals surface area contributed by atoms with Crippen molar-refractivity contribution < 1.29 is 13.2 Å². The molecule has 108 valence electrons. The number of hydrogen-bond donors (Lipinski definition) is 1. The third kappa shape index (κ3) is 4.22. The zero-order valence-electron chi connectivity index (χ0n) is 11.2. The molecular formula is C14H18N2O3S. The van der Waals surface area contributed by atoms with E-state index < -0.39 is 9.84 Å². The third-order valence-electron chi connectivity index (χ3n) is 3.40. The average Bonchev–Trinajstić information content (AvgIpc) is 2.45. The molecule has 0 atom stereocenters. The summed E-state index contributed by atoms with van der Waals surface area (Å²) in [7, 11) is -2.82.